The second-order valence-electron chi connectivity index (χ2n) is 5.38. The molecule has 122 valence electrons. The lowest BCUT2D eigenvalue weighted by Crippen LogP contribution is -1.98. The van der Waals surface area contributed by atoms with Gasteiger partial charge in [-0.25, -0.2) is 0 Å². The standard InChI is InChI=1S/C17H15N3O3S/c1-11-9-13(18)6-8-16(11)20-19-14-7-5-12-3-2-4-17(15(12)10-14)24(21,22)23/h2-10H,18H2,1H3,(H,21,22,23)/b20-19+. The van der Waals surface area contributed by atoms with Crippen molar-refractivity contribution in [3.63, 3.8) is 0 Å². The van der Waals surface area contributed by atoms with E-state index in [1.54, 1.807) is 48.5 Å². The lowest BCUT2D eigenvalue weighted by molar-refractivity contribution is 0.484. The number of benzene rings is 3. The summed E-state index contributed by atoms with van der Waals surface area (Å²) in [6, 6.07) is 15.0. The number of fused-ring (bicyclic) bond motifs is 1. The fraction of sp³-hybridized carbons (Fsp3) is 0.0588. The van der Waals surface area contributed by atoms with Crippen LogP contribution in [0.1, 0.15) is 5.56 Å². The molecule has 0 aliphatic carbocycles. The van der Waals surface area contributed by atoms with Crippen LogP contribution in [0.3, 0.4) is 0 Å². The van der Waals surface area contributed by atoms with Crippen LogP contribution in [0, 0.1) is 6.92 Å². The van der Waals surface area contributed by atoms with Crippen molar-refractivity contribution in [3.8, 4) is 0 Å². The van der Waals surface area contributed by atoms with Crippen molar-refractivity contribution in [2.75, 3.05) is 5.73 Å². The predicted molar refractivity (Wildman–Crippen MR) is 93.5 cm³/mol. The fourth-order valence-electron chi connectivity index (χ4n) is 2.42. The predicted octanol–water partition coefficient (Wildman–Crippen LogP) is 4.39. The van der Waals surface area contributed by atoms with E-state index < -0.39 is 10.1 Å². The second kappa shape index (κ2) is 6.03. The molecule has 0 aliphatic heterocycles. The van der Waals surface area contributed by atoms with Gasteiger partial charge in [0.05, 0.1) is 11.4 Å². The van der Waals surface area contributed by atoms with Crippen LogP contribution in [0.15, 0.2) is 69.7 Å². The molecule has 0 aliphatic rings. The quantitative estimate of drug-likeness (QED) is 0.418. The van der Waals surface area contributed by atoms with Crippen molar-refractivity contribution in [2.24, 2.45) is 10.2 Å². The Morgan fingerprint density at radius 3 is 2.50 bits per heavy atom. The number of azo groups is 1. The van der Waals surface area contributed by atoms with Crippen LogP contribution < -0.4 is 5.73 Å². The van der Waals surface area contributed by atoms with E-state index in [1.165, 1.54) is 6.07 Å². The Morgan fingerprint density at radius 2 is 1.79 bits per heavy atom. The van der Waals surface area contributed by atoms with Crippen LogP contribution in [-0.2, 0) is 10.1 Å². The highest BCUT2D eigenvalue weighted by molar-refractivity contribution is 7.86. The van der Waals surface area contributed by atoms with Gasteiger partial charge in [-0.05, 0) is 54.3 Å². The number of nitrogens with zero attached hydrogens (tertiary/aromatic N) is 2. The van der Waals surface area contributed by atoms with Crippen molar-refractivity contribution in [1.29, 1.82) is 0 Å². The first-order chi connectivity index (χ1) is 11.3. The minimum atomic E-state index is -4.31. The summed E-state index contributed by atoms with van der Waals surface area (Å²) in [7, 11) is -4.31. The normalized spacial score (nSPS) is 12.1. The molecule has 0 unspecified atom stereocenters. The lowest BCUT2D eigenvalue weighted by atomic mass is 10.1. The second-order valence-corrected chi connectivity index (χ2v) is 6.77. The van der Waals surface area contributed by atoms with E-state index in [0.717, 1.165) is 5.56 Å². The Kier molecular flexibility index (Phi) is 4.04. The Bertz CT molecular complexity index is 1060. The van der Waals surface area contributed by atoms with Gasteiger partial charge in [0, 0.05) is 11.1 Å². The highest BCUT2D eigenvalue weighted by Gasteiger charge is 2.13. The molecule has 3 rings (SSSR count). The maximum absolute atomic E-state index is 11.5. The maximum Gasteiger partial charge on any atom is 0.295 e. The molecule has 3 aromatic carbocycles. The molecule has 0 saturated carbocycles. The highest BCUT2D eigenvalue weighted by atomic mass is 32.2. The van der Waals surface area contributed by atoms with Crippen LogP contribution in [-0.4, -0.2) is 13.0 Å². The number of hydrogen-bond acceptors (Lipinski definition) is 5. The van der Waals surface area contributed by atoms with Gasteiger partial charge in [0.15, 0.2) is 0 Å². The summed E-state index contributed by atoms with van der Waals surface area (Å²) in [6.07, 6.45) is 0. The van der Waals surface area contributed by atoms with Crippen molar-refractivity contribution in [3.05, 3.63) is 60.2 Å². The average Bonchev–Trinajstić information content (AvgIpc) is 2.52. The molecule has 3 aromatic rings. The molecule has 0 bridgehead atoms. The van der Waals surface area contributed by atoms with Gasteiger partial charge in [0.25, 0.3) is 10.1 Å². The van der Waals surface area contributed by atoms with Gasteiger partial charge < -0.3 is 5.73 Å². The van der Waals surface area contributed by atoms with E-state index in [2.05, 4.69) is 10.2 Å². The minimum absolute atomic E-state index is 0.152. The first kappa shape index (κ1) is 16.1. The van der Waals surface area contributed by atoms with Crippen molar-refractivity contribution in [2.45, 2.75) is 11.8 Å². The maximum atomic E-state index is 11.5. The van der Waals surface area contributed by atoms with Crippen LogP contribution in [0.2, 0.25) is 0 Å². The zero-order valence-corrected chi connectivity index (χ0v) is 13.7. The van der Waals surface area contributed by atoms with Crippen molar-refractivity contribution >= 4 is 38.0 Å². The zero-order valence-electron chi connectivity index (χ0n) is 12.8. The molecule has 0 heterocycles. The summed E-state index contributed by atoms with van der Waals surface area (Å²) < 4.78 is 32.4. The fourth-order valence-corrected chi connectivity index (χ4v) is 3.13. The summed E-state index contributed by atoms with van der Waals surface area (Å²) >= 11 is 0. The van der Waals surface area contributed by atoms with E-state index in [9.17, 15) is 13.0 Å². The van der Waals surface area contributed by atoms with E-state index in [4.69, 9.17) is 5.73 Å². The first-order valence-electron chi connectivity index (χ1n) is 7.13. The molecule has 24 heavy (non-hydrogen) atoms. The molecule has 0 radical (unpaired) electrons. The smallest absolute Gasteiger partial charge is 0.295 e. The van der Waals surface area contributed by atoms with E-state index in [1.807, 2.05) is 6.92 Å². The number of nitrogen functional groups attached to an aromatic ring is 1. The molecular formula is C17H15N3O3S. The first-order valence-corrected chi connectivity index (χ1v) is 8.57. The average molecular weight is 341 g/mol. The Balaban J connectivity index is 2.06. The van der Waals surface area contributed by atoms with Gasteiger partial charge in [-0.15, -0.1) is 0 Å². The summed E-state index contributed by atoms with van der Waals surface area (Å²) in [6.45, 7) is 1.88. The van der Waals surface area contributed by atoms with Gasteiger partial charge >= 0.3 is 0 Å². The van der Waals surface area contributed by atoms with Crippen LogP contribution in [0.25, 0.3) is 10.8 Å². The zero-order chi connectivity index (χ0) is 17.3. The highest BCUT2D eigenvalue weighted by Crippen LogP contribution is 2.29. The molecule has 0 atom stereocenters. The molecule has 6 nitrogen and oxygen atoms in total. The molecule has 0 aromatic heterocycles. The summed E-state index contributed by atoms with van der Waals surface area (Å²) in [5.74, 6) is 0. The minimum Gasteiger partial charge on any atom is -0.399 e. The van der Waals surface area contributed by atoms with Gasteiger partial charge in [0.2, 0.25) is 0 Å². The van der Waals surface area contributed by atoms with Crippen molar-refractivity contribution in [1.82, 2.24) is 0 Å². The van der Waals surface area contributed by atoms with Gasteiger partial charge in [-0.1, -0.05) is 18.2 Å². The summed E-state index contributed by atoms with van der Waals surface area (Å²) in [5, 5.41) is 9.40. The van der Waals surface area contributed by atoms with Crippen molar-refractivity contribution < 1.29 is 13.0 Å². The number of nitrogens with two attached hydrogens (primary N) is 1. The Hall–Kier alpha value is -2.77. The third-order valence-electron chi connectivity index (χ3n) is 3.60. The molecule has 0 spiro atoms. The SMILES string of the molecule is Cc1cc(N)ccc1/N=N/c1ccc2cccc(S(=O)(=O)O)c2c1. The van der Waals surface area contributed by atoms with Gasteiger partial charge in [0.1, 0.15) is 4.90 Å². The molecule has 0 fully saturated rings. The van der Waals surface area contributed by atoms with Crippen LogP contribution >= 0.6 is 0 Å². The van der Waals surface area contributed by atoms with E-state index >= 15 is 0 Å². The van der Waals surface area contributed by atoms with Gasteiger partial charge in [-0.3, -0.25) is 4.55 Å². The van der Waals surface area contributed by atoms with Crippen LogP contribution in [0.4, 0.5) is 17.1 Å². The largest absolute Gasteiger partial charge is 0.399 e. The third kappa shape index (κ3) is 3.27. The molecule has 3 N–H and O–H groups in total. The number of aryl methyl sites for hydroxylation is 1. The molecular weight excluding hydrogens is 326 g/mol. The van der Waals surface area contributed by atoms with Crippen LogP contribution in [0.5, 0.6) is 0 Å². The lowest BCUT2D eigenvalue weighted by Gasteiger charge is -2.04. The van der Waals surface area contributed by atoms with E-state index in [-0.39, 0.29) is 4.90 Å². The topological polar surface area (TPSA) is 105 Å². The third-order valence-corrected chi connectivity index (χ3v) is 4.51. The summed E-state index contributed by atoms with van der Waals surface area (Å²) in [4.78, 5) is -0.152. The molecule has 7 heteroatoms. The van der Waals surface area contributed by atoms with Gasteiger partial charge in [-0.2, -0.15) is 18.6 Å². The Morgan fingerprint density at radius 1 is 1.00 bits per heavy atom. The number of anilines is 1. The van der Waals surface area contributed by atoms with E-state index in [0.29, 0.717) is 27.8 Å². The summed E-state index contributed by atoms with van der Waals surface area (Å²) in [5.41, 5.74) is 8.39. The molecule has 0 amide bonds. The number of hydrogen-bond donors (Lipinski definition) is 2. The Labute approximate surface area is 139 Å². The monoisotopic (exact) mass is 341 g/mol. The number of rotatable bonds is 3. The molecule has 0 saturated heterocycles.